The first-order valence-electron chi connectivity index (χ1n) is 15.0. The van der Waals surface area contributed by atoms with Crippen LogP contribution in [0.4, 0.5) is 4.79 Å². The molecule has 1 heterocycles. The first kappa shape index (κ1) is 32.9. The molecule has 0 aromatic heterocycles. The molecule has 0 unspecified atom stereocenters. The van der Waals surface area contributed by atoms with Crippen LogP contribution in [0.15, 0.2) is 103 Å². The second kappa shape index (κ2) is 17.4. The molecule has 0 aliphatic carbocycles. The molecule has 10 heteroatoms. The number of benzene rings is 3. The zero-order valence-electron chi connectivity index (χ0n) is 25.0. The van der Waals surface area contributed by atoms with Crippen molar-refractivity contribution in [3.8, 4) is 0 Å². The van der Waals surface area contributed by atoms with E-state index in [9.17, 15) is 24.3 Å². The molecule has 10 nitrogen and oxygen atoms in total. The Morgan fingerprint density at radius 2 is 1.51 bits per heavy atom. The van der Waals surface area contributed by atoms with Gasteiger partial charge in [0.2, 0.25) is 11.8 Å². The number of rotatable bonds is 10. The summed E-state index contributed by atoms with van der Waals surface area (Å²) in [6, 6.07) is 25.5. The Bertz CT molecular complexity index is 1420. The van der Waals surface area contributed by atoms with E-state index in [-0.39, 0.29) is 50.9 Å². The number of carbonyl (C=O) groups is 4. The first-order valence-corrected chi connectivity index (χ1v) is 15.0. The van der Waals surface area contributed by atoms with Crippen molar-refractivity contribution in [3.05, 3.63) is 120 Å². The molecule has 4 rings (SSSR count). The van der Waals surface area contributed by atoms with Crippen LogP contribution < -0.4 is 16.0 Å². The number of esters is 1. The van der Waals surface area contributed by atoms with Crippen molar-refractivity contribution >= 4 is 23.9 Å². The van der Waals surface area contributed by atoms with Crippen LogP contribution in [0.2, 0.25) is 0 Å². The van der Waals surface area contributed by atoms with Gasteiger partial charge in [0.05, 0.1) is 24.6 Å². The quantitative estimate of drug-likeness (QED) is 0.201. The fourth-order valence-electron chi connectivity index (χ4n) is 4.93. The number of amides is 3. The number of ether oxygens (including phenoxy) is 2. The predicted molar refractivity (Wildman–Crippen MR) is 167 cm³/mol. The van der Waals surface area contributed by atoms with E-state index < -0.39 is 36.1 Å². The summed E-state index contributed by atoms with van der Waals surface area (Å²) in [4.78, 5) is 52.2. The highest BCUT2D eigenvalue weighted by molar-refractivity contribution is 5.86. The average molecular weight is 614 g/mol. The molecule has 3 aromatic rings. The third-order valence-electron chi connectivity index (χ3n) is 7.37. The van der Waals surface area contributed by atoms with Crippen LogP contribution in [0.3, 0.4) is 0 Å². The number of nitrogens with one attached hydrogen (secondary N) is 3. The Balaban J connectivity index is 1.45. The number of hydrogen-bond acceptors (Lipinski definition) is 7. The second-order valence-electron chi connectivity index (χ2n) is 10.8. The monoisotopic (exact) mass is 613 g/mol. The highest BCUT2D eigenvalue weighted by Gasteiger charge is 2.28. The number of carbonyl (C=O) groups excluding carboxylic acids is 4. The minimum atomic E-state index is -1.03. The fraction of sp³-hybridized carbons (Fsp3) is 0.314. The van der Waals surface area contributed by atoms with Crippen molar-refractivity contribution in [2.75, 3.05) is 13.2 Å². The van der Waals surface area contributed by atoms with Gasteiger partial charge in [0.25, 0.3) is 0 Å². The van der Waals surface area contributed by atoms with Crippen LogP contribution in [0.1, 0.15) is 42.0 Å². The summed E-state index contributed by atoms with van der Waals surface area (Å²) in [6.07, 6.45) is 3.26. The number of aliphatic hydroxyl groups is 1. The summed E-state index contributed by atoms with van der Waals surface area (Å²) >= 11 is 0. The summed E-state index contributed by atoms with van der Waals surface area (Å²) in [6.45, 7) is -0.391. The van der Waals surface area contributed by atoms with Gasteiger partial charge in [0.1, 0.15) is 19.3 Å². The summed E-state index contributed by atoms with van der Waals surface area (Å²) in [5.41, 5.74) is 2.48. The zero-order chi connectivity index (χ0) is 31.9. The van der Waals surface area contributed by atoms with Gasteiger partial charge in [0.15, 0.2) is 0 Å². The van der Waals surface area contributed by atoms with Crippen molar-refractivity contribution in [2.24, 2.45) is 5.92 Å². The maximum Gasteiger partial charge on any atom is 0.408 e. The van der Waals surface area contributed by atoms with Crippen molar-refractivity contribution in [3.63, 3.8) is 0 Å². The summed E-state index contributed by atoms with van der Waals surface area (Å²) in [5, 5.41) is 18.2. The molecular formula is C35H39N3O7. The van der Waals surface area contributed by atoms with Crippen molar-refractivity contribution in [1.82, 2.24) is 16.0 Å². The normalized spacial score (nSPS) is 19.5. The minimum Gasteiger partial charge on any atom is -0.462 e. The molecule has 0 spiro atoms. The molecule has 3 amide bonds. The topological polar surface area (TPSA) is 143 Å². The maximum atomic E-state index is 13.5. The van der Waals surface area contributed by atoms with Gasteiger partial charge in [-0.1, -0.05) is 103 Å². The van der Waals surface area contributed by atoms with Gasteiger partial charge in [-0.3, -0.25) is 9.59 Å². The second-order valence-corrected chi connectivity index (χ2v) is 10.8. The van der Waals surface area contributed by atoms with Crippen LogP contribution in [0.25, 0.3) is 0 Å². The Kier molecular flexibility index (Phi) is 12.7. The third-order valence-corrected chi connectivity index (χ3v) is 7.37. The van der Waals surface area contributed by atoms with Crippen LogP contribution in [0.5, 0.6) is 0 Å². The Labute approximate surface area is 262 Å². The lowest BCUT2D eigenvalue weighted by molar-refractivity contribution is -0.147. The van der Waals surface area contributed by atoms with Gasteiger partial charge in [0, 0.05) is 6.42 Å². The minimum absolute atomic E-state index is 0.0403. The molecule has 0 saturated heterocycles. The van der Waals surface area contributed by atoms with E-state index in [2.05, 4.69) is 16.0 Å². The molecule has 0 radical (unpaired) electrons. The molecule has 1 aliphatic rings. The molecule has 0 bridgehead atoms. The molecule has 236 valence electrons. The molecule has 3 aromatic carbocycles. The molecule has 45 heavy (non-hydrogen) atoms. The molecule has 1 aliphatic heterocycles. The molecule has 0 fully saturated rings. The molecule has 4 N–H and O–H groups in total. The van der Waals surface area contributed by atoms with E-state index in [0.29, 0.717) is 12.0 Å². The van der Waals surface area contributed by atoms with Gasteiger partial charge in [-0.05, 0) is 36.0 Å². The van der Waals surface area contributed by atoms with E-state index in [0.717, 1.165) is 11.1 Å². The Morgan fingerprint density at radius 3 is 2.18 bits per heavy atom. The average Bonchev–Trinajstić information content (AvgIpc) is 3.06. The van der Waals surface area contributed by atoms with E-state index in [1.54, 1.807) is 24.3 Å². The Hall–Kier alpha value is -4.96. The van der Waals surface area contributed by atoms with Gasteiger partial charge in [-0.25, -0.2) is 9.59 Å². The molecule has 0 saturated carbocycles. The first-order chi connectivity index (χ1) is 21.9. The van der Waals surface area contributed by atoms with Gasteiger partial charge in [-0.2, -0.15) is 0 Å². The largest absolute Gasteiger partial charge is 0.462 e. The number of hydrogen-bond donors (Lipinski definition) is 4. The van der Waals surface area contributed by atoms with Gasteiger partial charge in [-0.15, -0.1) is 0 Å². The maximum absolute atomic E-state index is 13.5. The van der Waals surface area contributed by atoms with Crippen molar-refractivity contribution in [2.45, 2.75) is 50.4 Å². The van der Waals surface area contributed by atoms with Gasteiger partial charge < -0.3 is 30.5 Å². The van der Waals surface area contributed by atoms with Crippen molar-refractivity contribution < 1.29 is 33.8 Å². The smallest absolute Gasteiger partial charge is 0.408 e. The van der Waals surface area contributed by atoms with Crippen molar-refractivity contribution in [1.29, 1.82) is 0 Å². The lowest BCUT2D eigenvalue weighted by atomic mass is 9.97. The standard InChI is InChI=1S/C35H39N3O7/c39-22-29(20-25-12-4-1-5-13-25)36-32(40)21-28-18-10-11-19-30(38-35(43)45-23-26-14-6-2-7-15-26)34(42)44-24-31(37-33(28)41)27-16-8-3-9-17-27/h1-17,28-31,39H,18-24H2,(H,36,40)(H,37,41)(H,38,43)/t28-,29-,30-,31-/m1/s1. The van der Waals surface area contributed by atoms with E-state index in [4.69, 9.17) is 9.47 Å². The predicted octanol–water partition coefficient (Wildman–Crippen LogP) is 3.76. The summed E-state index contributed by atoms with van der Waals surface area (Å²) in [5.74, 6) is -2.14. The SMILES string of the molecule is O=C(C[C@H]1CC=CC[C@@H](NC(=O)OCc2ccccc2)C(=O)OC[C@H](c2ccccc2)NC1=O)N[C@@H](CO)Cc1ccccc1. The zero-order valence-corrected chi connectivity index (χ0v) is 25.0. The van der Waals surface area contributed by atoms with Crippen LogP contribution in [-0.2, 0) is 36.9 Å². The number of alkyl carbamates (subject to hydrolysis) is 1. The lowest BCUT2D eigenvalue weighted by Crippen LogP contribution is -2.44. The lowest BCUT2D eigenvalue weighted by Gasteiger charge is -2.25. The summed E-state index contributed by atoms with van der Waals surface area (Å²) in [7, 11) is 0. The number of allylic oxidation sites excluding steroid dienone is 1. The van der Waals surface area contributed by atoms with Crippen LogP contribution in [0, 0.1) is 5.92 Å². The summed E-state index contributed by atoms with van der Waals surface area (Å²) < 4.78 is 10.9. The number of aliphatic hydroxyl groups excluding tert-OH is 1. The van der Waals surface area contributed by atoms with Gasteiger partial charge >= 0.3 is 12.1 Å². The highest BCUT2D eigenvalue weighted by Crippen LogP contribution is 2.19. The third kappa shape index (κ3) is 10.9. The van der Waals surface area contributed by atoms with Crippen LogP contribution >= 0.6 is 0 Å². The fourth-order valence-corrected chi connectivity index (χ4v) is 4.93. The Morgan fingerprint density at radius 1 is 0.889 bits per heavy atom. The molecular weight excluding hydrogens is 574 g/mol. The van der Waals surface area contributed by atoms with Crippen LogP contribution in [-0.4, -0.2) is 54.3 Å². The van der Waals surface area contributed by atoms with E-state index in [1.807, 2.05) is 78.9 Å². The van der Waals surface area contributed by atoms with E-state index in [1.165, 1.54) is 0 Å². The van der Waals surface area contributed by atoms with E-state index >= 15 is 0 Å². The molecule has 4 atom stereocenters. The highest BCUT2D eigenvalue weighted by atomic mass is 16.6. The number of cyclic esters (lactones) is 1.